The van der Waals surface area contributed by atoms with Crippen LogP contribution in [0, 0.1) is 5.82 Å². The molecule has 0 amide bonds. The van der Waals surface area contributed by atoms with E-state index in [2.05, 4.69) is 9.72 Å². The minimum absolute atomic E-state index is 0.124. The van der Waals surface area contributed by atoms with Crippen molar-refractivity contribution < 1.29 is 13.9 Å². The number of halogens is 1. The van der Waals surface area contributed by atoms with E-state index in [0.29, 0.717) is 5.69 Å². The van der Waals surface area contributed by atoms with Gasteiger partial charge in [0.05, 0.1) is 19.7 Å². The van der Waals surface area contributed by atoms with Crippen LogP contribution in [0.4, 0.5) is 4.39 Å². The number of hydrogen-bond acceptors (Lipinski definition) is 4. The van der Waals surface area contributed by atoms with E-state index in [4.69, 9.17) is 5.73 Å². The maximum atomic E-state index is 12.7. The van der Waals surface area contributed by atoms with Crippen molar-refractivity contribution in [3.63, 3.8) is 0 Å². The first-order valence-corrected chi connectivity index (χ1v) is 4.91. The van der Waals surface area contributed by atoms with Gasteiger partial charge in [0.2, 0.25) is 0 Å². The number of aromatic nitrogens is 1. The first-order valence-electron chi connectivity index (χ1n) is 4.91. The highest BCUT2D eigenvalue weighted by molar-refractivity contribution is 5.71. The van der Waals surface area contributed by atoms with Gasteiger partial charge in [-0.3, -0.25) is 9.78 Å². The Morgan fingerprint density at radius 1 is 1.62 bits per heavy atom. The topological polar surface area (TPSA) is 65.2 Å². The van der Waals surface area contributed by atoms with Gasteiger partial charge in [0.25, 0.3) is 0 Å². The molecule has 1 atom stereocenters. The van der Waals surface area contributed by atoms with Crippen molar-refractivity contribution in [1.82, 2.24) is 4.98 Å². The number of rotatable bonds is 4. The third kappa shape index (κ3) is 2.76. The minimum atomic E-state index is -0.624. The molecule has 0 aliphatic carbocycles. The molecule has 0 aromatic carbocycles. The van der Waals surface area contributed by atoms with E-state index in [1.807, 2.05) is 0 Å². The lowest BCUT2D eigenvalue weighted by atomic mass is 9.83. The number of nitrogens with two attached hydrogens (primary N) is 1. The molecule has 16 heavy (non-hydrogen) atoms. The summed E-state index contributed by atoms with van der Waals surface area (Å²) in [6, 6.07) is 2.83. The van der Waals surface area contributed by atoms with Crippen LogP contribution in [0.15, 0.2) is 18.3 Å². The zero-order valence-corrected chi connectivity index (χ0v) is 9.37. The van der Waals surface area contributed by atoms with E-state index in [1.54, 1.807) is 6.92 Å². The van der Waals surface area contributed by atoms with Gasteiger partial charge in [-0.2, -0.15) is 0 Å². The summed E-state index contributed by atoms with van der Waals surface area (Å²) in [4.78, 5) is 15.2. The molecule has 2 N–H and O–H groups in total. The van der Waals surface area contributed by atoms with Gasteiger partial charge < -0.3 is 10.5 Å². The first kappa shape index (κ1) is 12.6. The summed E-state index contributed by atoms with van der Waals surface area (Å²) < 4.78 is 17.3. The monoisotopic (exact) mass is 226 g/mol. The molecule has 0 spiro atoms. The molecule has 0 aliphatic rings. The van der Waals surface area contributed by atoms with Crippen LogP contribution in [0.1, 0.15) is 19.0 Å². The van der Waals surface area contributed by atoms with Gasteiger partial charge in [0.1, 0.15) is 5.82 Å². The Morgan fingerprint density at radius 3 is 2.75 bits per heavy atom. The Morgan fingerprint density at radius 2 is 2.31 bits per heavy atom. The summed E-state index contributed by atoms with van der Waals surface area (Å²) in [5.41, 5.74) is 5.60. The molecule has 0 saturated carbocycles. The molecule has 1 aromatic heterocycles. The molecule has 1 aromatic rings. The number of carbonyl (C=O) groups excluding carboxylic acids is 1. The third-order valence-corrected chi connectivity index (χ3v) is 2.56. The highest BCUT2D eigenvalue weighted by Crippen LogP contribution is 2.25. The highest BCUT2D eigenvalue weighted by Gasteiger charge is 2.30. The average molecular weight is 226 g/mol. The summed E-state index contributed by atoms with van der Waals surface area (Å²) in [6.07, 6.45) is 1.24. The Bertz CT molecular complexity index is 367. The van der Waals surface area contributed by atoms with Crippen molar-refractivity contribution in [2.45, 2.75) is 18.8 Å². The van der Waals surface area contributed by atoms with E-state index in [0.717, 1.165) is 6.20 Å². The summed E-state index contributed by atoms with van der Waals surface area (Å²) in [6.45, 7) is 2.03. The van der Waals surface area contributed by atoms with E-state index < -0.39 is 11.2 Å². The normalized spacial score (nSPS) is 14.2. The van der Waals surface area contributed by atoms with Crippen LogP contribution in [-0.2, 0) is 14.9 Å². The standard InChI is InChI=1S/C11H15FN2O2/c1-11(7-13,5-10(15)16-2)9-4-3-8(12)6-14-9/h3-4,6H,5,7,13H2,1-2H3. The second-order valence-electron chi connectivity index (χ2n) is 3.88. The van der Waals surface area contributed by atoms with E-state index in [9.17, 15) is 9.18 Å². The maximum absolute atomic E-state index is 12.7. The number of ether oxygens (including phenoxy) is 1. The predicted octanol–water partition coefficient (Wildman–Crippen LogP) is 1.00. The molecule has 0 fully saturated rings. The molecule has 88 valence electrons. The first-order chi connectivity index (χ1) is 7.51. The number of esters is 1. The fourth-order valence-corrected chi connectivity index (χ4v) is 1.39. The average Bonchev–Trinajstić information content (AvgIpc) is 2.29. The van der Waals surface area contributed by atoms with Gasteiger partial charge in [-0.05, 0) is 12.1 Å². The lowest BCUT2D eigenvalue weighted by Gasteiger charge is -2.25. The lowest BCUT2D eigenvalue weighted by molar-refractivity contribution is -0.142. The quantitative estimate of drug-likeness (QED) is 0.778. The Balaban J connectivity index is 2.95. The van der Waals surface area contributed by atoms with Crippen LogP contribution in [0.25, 0.3) is 0 Å². The number of hydrogen-bond donors (Lipinski definition) is 1. The van der Waals surface area contributed by atoms with Gasteiger partial charge in [0, 0.05) is 17.7 Å². The molecule has 1 rings (SSSR count). The van der Waals surface area contributed by atoms with E-state index in [1.165, 1.54) is 19.2 Å². The molecule has 4 nitrogen and oxygen atoms in total. The molecular formula is C11H15FN2O2. The molecule has 0 aliphatic heterocycles. The summed E-state index contributed by atoms with van der Waals surface area (Å²) in [5, 5.41) is 0. The molecule has 0 saturated heterocycles. The Hall–Kier alpha value is -1.49. The van der Waals surface area contributed by atoms with Gasteiger partial charge in [-0.1, -0.05) is 6.92 Å². The number of carbonyl (C=O) groups is 1. The molecule has 5 heteroatoms. The number of pyridine rings is 1. The predicted molar refractivity (Wildman–Crippen MR) is 57.2 cm³/mol. The van der Waals surface area contributed by atoms with Crippen LogP contribution in [0.2, 0.25) is 0 Å². The Labute approximate surface area is 93.6 Å². The molecule has 0 radical (unpaired) electrons. The second kappa shape index (κ2) is 5.03. The number of nitrogens with zero attached hydrogens (tertiary/aromatic N) is 1. The SMILES string of the molecule is COC(=O)CC(C)(CN)c1ccc(F)cn1. The van der Waals surface area contributed by atoms with Gasteiger partial charge in [-0.15, -0.1) is 0 Å². The van der Waals surface area contributed by atoms with Crippen molar-refractivity contribution in [3.05, 3.63) is 29.8 Å². The van der Waals surface area contributed by atoms with Crippen LogP contribution in [0.5, 0.6) is 0 Å². The zero-order valence-electron chi connectivity index (χ0n) is 9.37. The maximum Gasteiger partial charge on any atom is 0.306 e. The minimum Gasteiger partial charge on any atom is -0.469 e. The van der Waals surface area contributed by atoms with Crippen LogP contribution in [0.3, 0.4) is 0 Å². The van der Waals surface area contributed by atoms with Crippen LogP contribution < -0.4 is 5.73 Å². The molecule has 1 heterocycles. The number of methoxy groups -OCH3 is 1. The van der Waals surface area contributed by atoms with Crippen LogP contribution >= 0.6 is 0 Å². The summed E-state index contributed by atoms with van der Waals surface area (Å²) in [5.74, 6) is -0.778. The fourth-order valence-electron chi connectivity index (χ4n) is 1.39. The van der Waals surface area contributed by atoms with E-state index >= 15 is 0 Å². The molecule has 1 unspecified atom stereocenters. The Kier molecular flexibility index (Phi) is 3.95. The highest BCUT2D eigenvalue weighted by atomic mass is 19.1. The van der Waals surface area contributed by atoms with Crippen molar-refractivity contribution in [2.24, 2.45) is 5.73 Å². The fraction of sp³-hybridized carbons (Fsp3) is 0.455. The van der Waals surface area contributed by atoms with Gasteiger partial charge in [-0.25, -0.2) is 4.39 Å². The summed E-state index contributed by atoms with van der Waals surface area (Å²) >= 11 is 0. The van der Waals surface area contributed by atoms with E-state index in [-0.39, 0.29) is 18.9 Å². The van der Waals surface area contributed by atoms with Crippen molar-refractivity contribution in [1.29, 1.82) is 0 Å². The second-order valence-corrected chi connectivity index (χ2v) is 3.88. The molecule has 0 bridgehead atoms. The zero-order chi connectivity index (χ0) is 12.2. The lowest BCUT2D eigenvalue weighted by Crippen LogP contribution is -2.35. The van der Waals surface area contributed by atoms with Crippen molar-refractivity contribution in [2.75, 3.05) is 13.7 Å². The molecular weight excluding hydrogens is 211 g/mol. The van der Waals surface area contributed by atoms with Crippen molar-refractivity contribution >= 4 is 5.97 Å². The van der Waals surface area contributed by atoms with Crippen LogP contribution in [-0.4, -0.2) is 24.6 Å². The van der Waals surface area contributed by atoms with Gasteiger partial charge >= 0.3 is 5.97 Å². The van der Waals surface area contributed by atoms with Gasteiger partial charge in [0.15, 0.2) is 0 Å². The smallest absolute Gasteiger partial charge is 0.306 e. The third-order valence-electron chi connectivity index (χ3n) is 2.56. The summed E-state index contributed by atoms with van der Waals surface area (Å²) in [7, 11) is 1.32. The van der Waals surface area contributed by atoms with Crippen molar-refractivity contribution in [3.8, 4) is 0 Å². The largest absolute Gasteiger partial charge is 0.469 e.